The number of aryl methyl sites for hydroxylation is 1. The van der Waals surface area contributed by atoms with Crippen LogP contribution in [0.5, 0.6) is 0 Å². The summed E-state index contributed by atoms with van der Waals surface area (Å²) in [4.78, 5) is 24.6. The quantitative estimate of drug-likeness (QED) is 0.750. The largest absolute Gasteiger partial charge is 0.450 e. The molecule has 0 radical (unpaired) electrons. The van der Waals surface area contributed by atoms with Crippen LogP contribution in [0, 0.1) is 6.92 Å². The van der Waals surface area contributed by atoms with Crippen molar-refractivity contribution in [3.05, 3.63) is 65.7 Å². The Labute approximate surface area is 159 Å². The normalized spacial score (nSPS) is 12.2. The molecule has 6 nitrogen and oxygen atoms in total. The summed E-state index contributed by atoms with van der Waals surface area (Å²) in [5.41, 5.74) is 1.73. The zero-order chi connectivity index (χ0) is 19.9. The van der Waals surface area contributed by atoms with Crippen LogP contribution in [0.3, 0.4) is 0 Å². The molecule has 7 heteroatoms. The van der Waals surface area contributed by atoms with Crippen LogP contribution in [0.1, 0.15) is 18.1 Å². The summed E-state index contributed by atoms with van der Waals surface area (Å²) in [6.45, 7) is 3.65. The first-order valence-corrected chi connectivity index (χ1v) is 10.3. The fourth-order valence-electron chi connectivity index (χ4n) is 2.53. The maximum atomic E-state index is 12.7. The van der Waals surface area contributed by atoms with Crippen molar-refractivity contribution in [3.8, 4) is 0 Å². The summed E-state index contributed by atoms with van der Waals surface area (Å²) in [7, 11) is -3.80. The summed E-state index contributed by atoms with van der Waals surface area (Å²) in [6, 6.07) is 14.4. The van der Waals surface area contributed by atoms with Crippen LogP contribution in [-0.4, -0.2) is 38.7 Å². The molecule has 27 heavy (non-hydrogen) atoms. The first-order valence-electron chi connectivity index (χ1n) is 8.61. The molecule has 1 atom stereocenters. The van der Waals surface area contributed by atoms with Crippen molar-refractivity contribution in [2.24, 2.45) is 0 Å². The Kier molecular flexibility index (Phi) is 7.12. The third-order valence-electron chi connectivity index (χ3n) is 3.95. The van der Waals surface area contributed by atoms with Crippen molar-refractivity contribution in [2.45, 2.75) is 31.2 Å². The number of nitrogens with one attached hydrogen (secondary N) is 1. The van der Waals surface area contributed by atoms with Crippen molar-refractivity contribution in [3.63, 3.8) is 0 Å². The van der Waals surface area contributed by atoms with Gasteiger partial charge in [0, 0.05) is 0 Å². The number of benzene rings is 2. The van der Waals surface area contributed by atoms with E-state index in [0.717, 1.165) is 11.1 Å². The Hall–Kier alpha value is -2.67. The summed E-state index contributed by atoms with van der Waals surface area (Å²) in [6.07, 6.45) is -0.568. The first kappa shape index (κ1) is 20.6. The van der Waals surface area contributed by atoms with Gasteiger partial charge in [-0.3, -0.25) is 4.79 Å². The predicted octanol–water partition coefficient (Wildman–Crippen LogP) is 2.70. The SMILES string of the molecule is CCOC(=O)N[C@@H](Cc1ccccc1)C(=O)CS(=O)(=O)c1ccc(C)cc1. The van der Waals surface area contributed by atoms with Crippen LogP contribution in [-0.2, 0) is 25.8 Å². The molecule has 0 fully saturated rings. The van der Waals surface area contributed by atoms with Crippen LogP contribution < -0.4 is 5.32 Å². The molecular weight excluding hydrogens is 366 g/mol. The number of Topliss-reactive ketones (excluding diaryl/α,β-unsaturated/α-hetero) is 1. The van der Waals surface area contributed by atoms with Gasteiger partial charge in [-0.1, -0.05) is 48.0 Å². The number of amides is 1. The molecule has 0 aromatic heterocycles. The van der Waals surface area contributed by atoms with E-state index in [1.165, 1.54) is 12.1 Å². The molecule has 2 aromatic carbocycles. The summed E-state index contributed by atoms with van der Waals surface area (Å²) in [5, 5.41) is 2.47. The minimum absolute atomic E-state index is 0.0797. The second-order valence-electron chi connectivity index (χ2n) is 6.15. The molecule has 2 aromatic rings. The number of carbonyl (C=O) groups is 2. The van der Waals surface area contributed by atoms with Gasteiger partial charge in [0.25, 0.3) is 0 Å². The van der Waals surface area contributed by atoms with Crippen molar-refractivity contribution >= 4 is 21.7 Å². The summed E-state index contributed by atoms with van der Waals surface area (Å²) >= 11 is 0. The van der Waals surface area contributed by atoms with Crippen LogP contribution >= 0.6 is 0 Å². The predicted molar refractivity (Wildman–Crippen MR) is 102 cm³/mol. The van der Waals surface area contributed by atoms with E-state index in [2.05, 4.69) is 5.32 Å². The van der Waals surface area contributed by atoms with Crippen LogP contribution in [0.25, 0.3) is 0 Å². The average molecular weight is 389 g/mol. The van der Waals surface area contributed by atoms with E-state index >= 15 is 0 Å². The van der Waals surface area contributed by atoms with Gasteiger partial charge in [0.1, 0.15) is 5.75 Å². The Balaban J connectivity index is 2.18. The topological polar surface area (TPSA) is 89.5 Å². The monoisotopic (exact) mass is 389 g/mol. The number of ether oxygens (including phenoxy) is 1. The smallest absolute Gasteiger partial charge is 0.407 e. The highest BCUT2D eigenvalue weighted by atomic mass is 32.2. The Morgan fingerprint density at radius 2 is 1.67 bits per heavy atom. The van der Waals surface area contributed by atoms with Crippen molar-refractivity contribution in [1.29, 1.82) is 0 Å². The second-order valence-corrected chi connectivity index (χ2v) is 8.14. The molecule has 0 saturated heterocycles. The van der Waals surface area contributed by atoms with Gasteiger partial charge in [-0.15, -0.1) is 0 Å². The number of carbonyl (C=O) groups excluding carboxylic acids is 2. The van der Waals surface area contributed by atoms with Crippen LogP contribution in [0.4, 0.5) is 4.79 Å². The van der Waals surface area contributed by atoms with Gasteiger partial charge in [-0.25, -0.2) is 13.2 Å². The molecule has 0 aliphatic rings. The zero-order valence-electron chi connectivity index (χ0n) is 15.3. The highest BCUT2D eigenvalue weighted by molar-refractivity contribution is 7.92. The van der Waals surface area contributed by atoms with E-state index < -0.39 is 33.5 Å². The maximum Gasteiger partial charge on any atom is 0.407 e. The molecule has 0 aliphatic heterocycles. The van der Waals surface area contributed by atoms with Crippen molar-refractivity contribution in [1.82, 2.24) is 5.32 Å². The molecule has 0 heterocycles. The molecule has 0 bridgehead atoms. The number of alkyl carbamates (subject to hydrolysis) is 1. The van der Waals surface area contributed by atoms with Gasteiger partial charge in [-0.05, 0) is 38.0 Å². The van der Waals surface area contributed by atoms with Gasteiger partial charge < -0.3 is 10.1 Å². The summed E-state index contributed by atoms with van der Waals surface area (Å²) < 4.78 is 30.0. The first-order chi connectivity index (χ1) is 12.8. The second kappa shape index (κ2) is 9.32. The van der Waals surface area contributed by atoms with Crippen LogP contribution in [0.15, 0.2) is 59.5 Å². The Bertz CT molecular complexity index is 876. The van der Waals surface area contributed by atoms with E-state index in [4.69, 9.17) is 4.74 Å². The van der Waals surface area contributed by atoms with E-state index in [0.29, 0.717) is 0 Å². The Morgan fingerprint density at radius 1 is 1.04 bits per heavy atom. The number of hydrogen-bond donors (Lipinski definition) is 1. The maximum absolute atomic E-state index is 12.7. The lowest BCUT2D eigenvalue weighted by atomic mass is 10.0. The van der Waals surface area contributed by atoms with Gasteiger partial charge in [0.2, 0.25) is 0 Å². The standard InChI is InChI=1S/C20H23NO5S/c1-3-26-20(23)21-18(13-16-7-5-4-6-8-16)19(22)14-27(24,25)17-11-9-15(2)10-12-17/h4-12,18H,3,13-14H2,1-2H3,(H,21,23)/t18-/m0/s1. The number of hydrogen-bond acceptors (Lipinski definition) is 5. The number of rotatable bonds is 8. The van der Waals surface area contributed by atoms with E-state index in [9.17, 15) is 18.0 Å². The number of sulfone groups is 1. The molecule has 0 unspecified atom stereocenters. The molecule has 0 aliphatic carbocycles. The van der Waals surface area contributed by atoms with Crippen LogP contribution in [0.2, 0.25) is 0 Å². The summed E-state index contributed by atoms with van der Waals surface area (Å²) in [5.74, 6) is -1.28. The number of ketones is 1. The molecule has 144 valence electrons. The highest BCUT2D eigenvalue weighted by Crippen LogP contribution is 2.14. The van der Waals surface area contributed by atoms with Gasteiger partial charge in [0.15, 0.2) is 15.6 Å². The van der Waals surface area contributed by atoms with Crippen molar-refractivity contribution < 1.29 is 22.7 Å². The fourth-order valence-corrected chi connectivity index (χ4v) is 3.82. The zero-order valence-corrected chi connectivity index (χ0v) is 16.2. The van der Waals surface area contributed by atoms with Gasteiger partial charge in [-0.2, -0.15) is 0 Å². The third kappa shape index (κ3) is 6.21. The Morgan fingerprint density at radius 3 is 2.26 bits per heavy atom. The van der Waals surface area contributed by atoms with Crippen molar-refractivity contribution in [2.75, 3.05) is 12.4 Å². The third-order valence-corrected chi connectivity index (χ3v) is 5.61. The minimum Gasteiger partial charge on any atom is -0.450 e. The molecular formula is C20H23NO5S. The molecule has 1 amide bonds. The van der Waals surface area contributed by atoms with Gasteiger partial charge >= 0.3 is 6.09 Å². The van der Waals surface area contributed by atoms with E-state index in [-0.39, 0.29) is 17.9 Å². The minimum atomic E-state index is -3.80. The lowest BCUT2D eigenvalue weighted by Gasteiger charge is -2.17. The van der Waals surface area contributed by atoms with E-state index in [1.807, 2.05) is 37.3 Å². The molecule has 1 N–H and O–H groups in total. The molecule has 0 spiro atoms. The van der Waals surface area contributed by atoms with Gasteiger partial charge in [0.05, 0.1) is 17.5 Å². The lowest BCUT2D eigenvalue weighted by molar-refractivity contribution is -0.118. The molecule has 0 saturated carbocycles. The highest BCUT2D eigenvalue weighted by Gasteiger charge is 2.27. The van der Waals surface area contributed by atoms with E-state index in [1.54, 1.807) is 19.1 Å². The fraction of sp³-hybridized carbons (Fsp3) is 0.300. The molecule has 2 rings (SSSR count). The average Bonchev–Trinajstić information content (AvgIpc) is 2.62. The lowest BCUT2D eigenvalue weighted by Crippen LogP contribution is -2.45.